The van der Waals surface area contributed by atoms with Crippen molar-refractivity contribution < 1.29 is 9.53 Å². The SMILES string of the molecule is CCOC=O.Cc1cc2c(cc1C)CCC2. The Morgan fingerprint density at radius 3 is 2.00 bits per heavy atom. The molecule has 0 saturated carbocycles. The zero-order chi connectivity index (χ0) is 12.0. The van der Waals surface area contributed by atoms with E-state index in [1.165, 1.54) is 30.4 Å². The minimum absolute atomic E-state index is 0.431. The third-order valence-electron chi connectivity index (χ3n) is 2.94. The third-order valence-corrected chi connectivity index (χ3v) is 2.94. The van der Waals surface area contributed by atoms with E-state index in [2.05, 4.69) is 30.7 Å². The van der Waals surface area contributed by atoms with E-state index in [4.69, 9.17) is 0 Å². The summed E-state index contributed by atoms with van der Waals surface area (Å²) in [5, 5.41) is 0. The van der Waals surface area contributed by atoms with Gasteiger partial charge in [-0.1, -0.05) is 12.1 Å². The Morgan fingerprint density at radius 1 is 1.19 bits per heavy atom. The van der Waals surface area contributed by atoms with Gasteiger partial charge in [-0.05, 0) is 62.3 Å². The second-order valence-corrected chi connectivity index (χ2v) is 4.11. The van der Waals surface area contributed by atoms with Crippen LogP contribution in [-0.2, 0) is 22.4 Å². The Kier molecular flexibility index (Phi) is 5.03. The number of fused-ring (bicyclic) bond motifs is 1. The van der Waals surface area contributed by atoms with E-state index in [0.717, 1.165) is 0 Å². The first kappa shape index (κ1) is 12.8. The fraction of sp³-hybridized carbons (Fsp3) is 0.500. The topological polar surface area (TPSA) is 26.3 Å². The van der Waals surface area contributed by atoms with Gasteiger partial charge in [-0.15, -0.1) is 0 Å². The lowest BCUT2D eigenvalue weighted by molar-refractivity contribution is -0.128. The molecular formula is C14H20O2. The molecule has 0 aromatic heterocycles. The number of hydrogen-bond acceptors (Lipinski definition) is 2. The quantitative estimate of drug-likeness (QED) is 0.716. The van der Waals surface area contributed by atoms with Gasteiger partial charge in [0.05, 0.1) is 6.61 Å². The van der Waals surface area contributed by atoms with Crippen LogP contribution in [0.25, 0.3) is 0 Å². The Morgan fingerprint density at radius 2 is 1.69 bits per heavy atom. The van der Waals surface area contributed by atoms with Crippen LogP contribution in [0.15, 0.2) is 12.1 Å². The van der Waals surface area contributed by atoms with Gasteiger partial charge in [0.25, 0.3) is 6.47 Å². The molecule has 0 atom stereocenters. The van der Waals surface area contributed by atoms with Crippen LogP contribution in [0.2, 0.25) is 0 Å². The van der Waals surface area contributed by atoms with E-state index in [-0.39, 0.29) is 0 Å². The highest BCUT2D eigenvalue weighted by Gasteiger charge is 2.10. The zero-order valence-corrected chi connectivity index (χ0v) is 10.4. The second-order valence-electron chi connectivity index (χ2n) is 4.11. The van der Waals surface area contributed by atoms with Crippen LogP contribution in [0.5, 0.6) is 0 Å². The second kappa shape index (κ2) is 6.31. The molecular weight excluding hydrogens is 200 g/mol. The Bertz CT molecular complexity index is 327. The van der Waals surface area contributed by atoms with E-state index in [9.17, 15) is 4.79 Å². The first-order chi connectivity index (χ1) is 7.69. The third kappa shape index (κ3) is 3.37. The molecule has 1 aromatic rings. The summed E-state index contributed by atoms with van der Waals surface area (Å²) in [7, 11) is 0. The maximum absolute atomic E-state index is 9.18. The Hall–Kier alpha value is -1.31. The maximum Gasteiger partial charge on any atom is 0.293 e. The first-order valence-electron chi connectivity index (χ1n) is 5.83. The van der Waals surface area contributed by atoms with Crippen molar-refractivity contribution in [2.75, 3.05) is 6.61 Å². The summed E-state index contributed by atoms with van der Waals surface area (Å²) in [6, 6.07) is 4.72. The summed E-state index contributed by atoms with van der Waals surface area (Å²) in [4.78, 5) is 9.18. The molecule has 1 aliphatic carbocycles. The van der Waals surface area contributed by atoms with Gasteiger partial charge in [-0.3, -0.25) is 4.79 Å². The van der Waals surface area contributed by atoms with Crippen LogP contribution in [0.4, 0.5) is 0 Å². The highest BCUT2D eigenvalue weighted by molar-refractivity contribution is 5.39. The minimum Gasteiger partial charge on any atom is -0.468 e. The molecule has 0 radical (unpaired) electrons. The van der Waals surface area contributed by atoms with Crippen molar-refractivity contribution in [1.29, 1.82) is 0 Å². The summed E-state index contributed by atoms with van der Waals surface area (Å²) in [6.07, 6.45) is 3.96. The molecule has 0 heterocycles. The maximum atomic E-state index is 9.18. The van der Waals surface area contributed by atoms with E-state index in [1.54, 1.807) is 18.1 Å². The number of rotatable bonds is 2. The number of hydrogen-bond donors (Lipinski definition) is 0. The number of ether oxygens (including phenoxy) is 1. The molecule has 2 rings (SSSR count). The molecule has 1 aromatic carbocycles. The van der Waals surface area contributed by atoms with E-state index in [1.807, 2.05) is 0 Å². The van der Waals surface area contributed by atoms with E-state index >= 15 is 0 Å². The molecule has 16 heavy (non-hydrogen) atoms. The number of carbonyl (C=O) groups is 1. The number of aryl methyl sites for hydroxylation is 4. The van der Waals surface area contributed by atoms with Crippen LogP contribution in [0.3, 0.4) is 0 Å². The van der Waals surface area contributed by atoms with Crippen LogP contribution >= 0.6 is 0 Å². The molecule has 0 aliphatic heterocycles. The Balaban J connectivity index is 0.000000221. The fourth-order valence-electron chi connectivity index (χ4n) is 1.94. The highest BCUT2D eigenvalue weighted by atomic mass is 16.5. The summed E-state index contributed by atoms with van der Waals surface area (Å²) in [6.45, 7) is 7.07. The average molecular weight is 220 g/mol. The van der Waals surface area contributed by atoms with Gasteiger partial charge in [0.1, 0.15) is 0 Å². The predicted octanol–water partition coefficient (Wildman–Crippen LogP) is 2.97. The molecule has 0 fully saturated rings. The summed E-state index contributed by atoms with van der Waals surface area (Å²) in [5.74, 6) is 0. The highest BCUT2D eigenvalue weighted by Crippen LogP contribution is 2.24. The lowest BCUT2D eigenvalue weighted by Gasteiger charge is -2.03. The summed E-state index contributed by atoms with van der Waals surface area (Å²) >= 11 is 0. The number of benzene rings is 1. The van der Waals surface area contributed by atoms with Gasteiger partial charge in [0.2, 0.25) is 0 Å². The van der Waals surface area contributed by atoms with Crippen LogP contribution < -0.4 is 0 Å². The zero-order valence-electron chi connectivity index (χ0n) is 10.4. The predicted molar refractivity (Wildman–Crippen MR) is 65.6 cm³/mol. The van der Waals surface area contributed by atoms with Crippen molar-refractivity contribution in [3.8, 4) is 0 Å². The van der Waals surface area contributed by atoms with Gasteiger partial charge in [0.15, 0.2) is 0 Å². The monoisotopic (exact) mass is 220 g/mol. The minimum atomic E-state index is 0.431. The van der Waals surface area contributed by atoms with Gasteiger partial charge in [0, 0.05) is 0 Å². The largest absolute Gasteiger partial charge is 0.468 e. The molecule has 0 N–H and O–H groups in total. The smallest absolute Gasteiger partial charge is 0.293 e. The standard InChI is InChI=1S/C11H14.C3H6O2/c1-8-6-10-4-3-5-11(10)7-9(8)2;1-2-5-3-4/h6-7H,3-5H2,1-2H3;3H,2H2,1H3. The number of carbonyl (C=O) groups excluding carboxylic acids is 1. The van der Waals surface area contributed by atoms with Gasteiger partial charge < -0.3 is 4.74 Å². The molecule has 0 spiro atoms. The molecule has 0 saturated heterocycles. The molecule has 1 aliphatic rings. The average Bonchev–Trinajstić information content (AvgIpc) is 2.68. The molecule has 0 bridgehead atoms. The van der Waals surface area contributed by atoms with Crippen molar-refractivity contribution in [2.45, 2.75) is 40.0 Å². The van der Waals surface area contributed by atoms with Gasteiger partial charge in [-0.2, -0.15) is 0 Å². The van der Waals surface area contributed by atoms with Crippen LogP contribution in [-0.4, -0.2) is 13.1 Å². The molecule has 0 amide bonds. The van der Waals surface area contributed by atoms with Crippen molar-refractivity contribution in [1.82, 2.24) is 0 Å². The van der Waals surface area contributed by atoms with Crippen molar-refractivity contribution >= 4 is 6.47 Å². The summed E-state index contributed by atoms with van der Waals surface area (Å²) in [5.41, 5.74) is 6.08. The first-order valence-corrected chi connectivity index (χ1v) is 5.83. The fourth-order valence-corrected chi connectivity index (χ4v) is 1.94. The molecule has 0 unspecified atom stereocenters. The van der Waals surface area contributed by atoms with E-state index in [0.29, 0.717) is 13.1 Å². The van der Waals surface area contributed by atoms with Crippen molar-refractivity contribution in [2.24, 2.45) is 0 Å². The summed E-state index contributed by atoms with van der Waals surface area (Å²) < 4.78 is 4.15. The van der Waals surface area contributed by atoms with Crippen molar-refractivity contribution in [3.63, 3.8) is 0 Å². The molecule has 2 nitrogen and oxygen atoms in total. The lowest BCUT2D eigenvalue weighted by Crippen LogP contribution is -1.87. The molecule has 2 heteroatoms. The molecule has 88 valence electrons. The van der Waals surface area contributed by atoms with Crippen molar-refractivity contribution in [3.05, 3.63) is 34.4 Å². The normalized spacial score (nSPS) is 12.4. The lowest BCUT2D eigenvalue weighted by atomic mass is 10.0. The van der Waals surface area contributed by atoms with Gasteiger partial charge in [-0.25, -0.2) is 0 Å². The Labute approximate surface area is 97.6 Å². The van der Waals surface area contributed by atoms with Crippen LogP contribution in [0, 0.1) is 13.8 Å². The van der Waals surface area contributed by atoms with E-state index < -0.39 is 0 Å². The van der Waals surface area contributed by atoms with Crippen LogP contribution in [0.1, 0.15) is 35.6 Å². The van der Waals surface area contributed by atoms with Gasteiger partial charge >= 0.3 is 0 Å².